The van der Waals surface area contributed by atoms with Crippen molar-refractivity contribution in [2.45, 2.75) is 70.5 Å². The van der Waals surface area contributed by atoms with Crippen LogP contribution in [0.15, 0.2) is 41.3 Å². The summed E-state index contributed by atoms with van der Waals surface area (Å²) in [6.45, 7) is 12.1. The number of aryl methyl sites for hydroxylation is 3. The molecule has 37 heavy (non-hydrogen) atoms. The lowest BCUT2D eigenvalue weighted by atomic mass is 9.79. The summed E-state index contributed by atoms with van der Waals surface area (Å²) in [6.07, 6.45) is 1.94. The van der Waals surface area contributed by atoms with E-state index in [1.807, 2.05) is 50.2 Å². The first-order valence-electron chi connectivity index (χ1n) is 12.5. The van der Waals surface area contributed by atoms with E-state index in [4.69, 9.17) is 24.0 Å². The second kappa shape index (κ2) is 9.68. The number of nitrogens with one attached hydrogen (secondary N) is 1. The van der Waals surface area contributed by atoms with E-state index >= 15 is 0 Å². The van der Waals surface area contributed by atoms with Crippen molar-refractivity contribution < 1.29 is 14.0 Å². The van der Waals surface area contributed by atoms with E-state index in [1.165, 1.54) is 0 Å². The highest BCUT2D eigenvalue weighted by atomic mass is 32.2. The molecule has 1 N–H and O–H groups in total. The van der Waals surface area contributed by atoms with E-state index in [9.17, 15) is 5.26 Å². The molecule has 1 aromatic heterocycles. The smallest absolute Gasteiger partial charge is 0.437 e. The second-order valence-electron chi connectivity index (χ2n) is 10.6. The number of ether oxygens (including phenoxy) is 1. The molecular formula is C28H31BN4O3S. The van der Waals surface area contributed by atoms with Gasteiger partial charge >= 0.3 is 7.12 Å². The van der Waals surface area contributed by atoms with Gasteiger partial charge in [0, 0.05) is 5.69 Å². The number of rotatable bonds is 5. The van der Waals surface area contributed by atoms with Gasteiger partial charge in [0.2, 0.25) is 11.8 Å². The molecule has 0 saturated carbocycles. The Balaban J connectivity index is 1.40. The summed E-state index contributed by atoms with van der Waals surface area (Å²) >= 11 is 1.73. The van der Waals surface area contributed by atoms with Gasteiger partial charge in [0.15, 0.2) is 0 Å². The predicted octanol–water partition coefficient (Wildman–Crippen LogP) is 5.84. The number of anilines is 2. The molecule has 0 atom stereocenters. The van der Waals surface area contributed by atoms with Gasteiger partial charge in [-0.15, -0.1) is 11.8 Å². The minimum atomic E-state index is -0.407. The largest absolute Gasteiger partial charge is 0.494 e. The monoisotopic (exact) mass is 514 g/mol. The topological polar surface area (TPSA) is 89.3 Å². The Bertz CT molecular complexity index is 1350. The third kappa shape index (κ3) is 5.06. The maximum Gasteiger partial charge on any atom is 0.494 e. The number of nitrogens with zero attached hydrogens (tertiary/aromatic N) is 3. The Morgan fingerprint density at radius 2 is 1.68 bits per heavy atom. The fraction of sp³-hybridized carbons (Fsp3) is 0.393. The first-order chi connectivity index (χ1) is 17.6. The molecular weight excluding hydrogens is 483 g/mol. The van der Waals surface area contributed by atoms with Crippen molar-refractivity contribution in [1.29, 1.82) is 5.26 Å². The van der Waals surface area contributed by atoms with Gasteiger partial charge in [0.25, 0.3) is 0 Å². The number of fused-ring (bicyclic) bond motifs is 1. The molecule has 0 unspecified atom stereocenters. The standard InChI is InChI=1S/C28H31BN4O3S/c1-17-14-19(16-30)15-18(2)23(17)34-25-24-22(8-7-13-37-24)32-26(33-25)31-21-11-9-20(10-12-21)29-35-27(3,4)28(5,6)36-29/h9-12,14-15H,7-8,13H2,1-6H3,(H,31,32,33). The highest BCUT2D eigenvalue weighted by Crippen LogP contribution is 2.40. The molecule has 9 heteroatoms. The Morgan fingerprint density at radius 3 is 2.30 bits per heavy atom. The minimum Gasteiger partial charge on any atom is -0.437 e. The van der Waals surface area contributed by atoms with Crippen LogP contribution in [0.4, 0.5) is 11.6 Å². The lowest BCUT2D eigenvalue weighted by Crippen LogP contribution is -2.41. The highest BCUT2D eigenvalue weighted by Gasteiger charge is 2.51. The highest BCUT2D eigenvalue weighted by molar-refractivity contribution is 7.99. The first kappa shape index (κ1) is 25.6. The van der Waals surface area contributed by atoms with Gasteiger partial charge < -0.3 is 19.4 Å². The van der Waals surface area contributed by atoms with Crippen LogP contribution in [0, 0.1) is 25.2 Å². The Kier molecular flexibility index (Phi) is 6.69. The fourth-order valence-electron chi connectivity index (χ4n) is 4.43. The molecule has 0 spiro atoms. The summed E-state index contributed by atoms with van der Waals surface area (Å²) in [4.78, 5) is 10.5. The molecule has 7 nitrogen and oxygen atoms in total. The van der Waals surface area contributed by atoms with E-state index in [-0.39, 0.29) is 11.2 Å². The molecule has 2 aliphatic heterocycles. The average Bonchev–Trinajstić information content (AvgIpc) is 3.08. The maximum atomic E-state index is 9.29. The van der Waals surface area contributed by atoms with Gasteiger partial charge in [-0.1, -0.05) is 12.1 Å². The normalized spacial score (nSPS) is 17.7. The Labute approximate surface area is 223 Å². The van der Waals surface area contributed by atoms with Crippen LogP contribution in [0.5, 0.6) is 11.6 Å². The van der Waals surface area contributed by atoms with Crippen molar-refractivity contribution >= 4 is 36.0 Å². The zero-order chi connectivity index (χ0) is 26.4. The van der Waals surface area contributed by atoms with Crippen molar-refractivity contribution in [1.82, 2.24) is 9.97 Å². The first-order valence-corrected chi connectivity index (χ1v) is 13.5. The molecule has 1 fully saturated rings. The summed E-state index contributed by atoms with van der Waals surface area (Å²) < 4.78 is 18.7. The van der Waals surface area contributed by atoms with Crippen LogP contribution >= 0.6 is 11.8 Å². The van der Waals surface area contributed by atoms with Crippen molar-refractivity contribution in [3.63, 3.8) is 0 Å². The van der Waals surface area contributed by atoms with E-state index in [0.29, 0.717) is 17.4 Å². The average molecular weight is 514 g/mol. The molecule has 1 saturated heterocycles. The van der Waals surface area contributed by atoms with Gasteiger partial charge in [-0.25, -0.2) is 4.98 Å². The van der Waals surface area contributed by atoms with Crippen LogP contribution in [0.3, 0.4) is 0 Å². The summed E-state index contributed by atoms with van der Waals surface area (Å²) in [5.41, 5.74) is 4.46. The molecule has 0 amide bonds. The van der Waals surface area contributed by atoms with Crippen LogP contribution in [0.1, 0.15) is 56.5 Å². The van der Waals surface area contributed by atoms with Crippen molar-refractivity contribution in [2.24, 2.45) is 0 Å². The van der Waals surface area contributed by atoms with E-state index in [1.54, 1.807) is 11.8 Å². The predicted molar refractivity (Wildman–Crippen MR) is 147 cm³/mol. The summed E-state index contributed by atoms with van der Waals surface area (Å²) in [7, 11) is -0.407. The lowest BCUT2D eigenvalue weighted by Gasteiger charge is -2.32. The van der Waals surface area contributed by atoms with Gasteiger partial charge in [0.1, 0.15) is 5.75 Å². The summed E-state index contributed by atoms with van der Waals surface area (Å²) in [6, 6.07) is 13.8. The molecule has 0 bridgehead atoms. The van der Waals surface area contributed by atoms with Crippen molar-refractivity contribution in [2.75, 3.05) is 11.1 Å². The molecule has 3 aromatic rings. The summed E-state index contributed by atoms with van der Waals surface area (Å²) in [5, 5.41) is 12.6. The quantitative estimate of drug-likeness (QED) is 0.425. The SMILES string of the molecule is Cc1cc(C#N)cc(C)c1Oc1nc(Nc2ccc(B3OC(C)(C)C(C)(C)O3)cc2)nc2c1SCCC2. The third-order valence-electron chi connectivity index (χ3n) is 7.19. The fourth-order valence-corrected chi connectivity index (χ4v) is 5.45. The molecule has 2 aliphatic rings. The number of nitriles is 1. The summed E-state index contributed by atoms with van der Waals surface area (Å²) in [5.74, 6) is 2.76. The number of hydrogen-bond acceptors (Lipinski definition) is 8. The van der Waals surface area contributed by atoms with Crippen LogP contribution < -0.4 is 15.5 Å². The Hall–Kier alpha value is -3.06. The molecule has 3 heterocycles. The molecule has 0 aliphatic carbocycles. The van der Waals surface area contributed by atoms with E-state index < -0.39 is 7.12 Å². The van der Waals surface area contributed by atoms with Crippen LogP contribution in [-0.2, 0) is 15.7 Å². The molecule has 2 aromatic carbocycles. The molecule has 190 valence electrons. The van der Waals surface area contributed by atoms with Gasteiger partial charge in [0.05, 0.1) is 33.4 Å². The molecule has 5 rings (SSSR count). The van der Waals surface area contributed by atoms with Gasteiger partial charge in [-0.2, -0.15) is 10.2 Å². The van der Waals surface area contributed by atoms with Crippen molar-refractivity contribution in [3.8, 4) is 17.7 Å². The van der Waals surface area contributed by atoms with Crippen LogP contribution in [-0.4, -0.2) is 34.0 Å². The number of aromatic nitrogens is 2. The lowest BCUT2D eigenvalue weighted by molar-refractivity contribution is 0.00578. The van der Waals surface area contributed by atoms with Crippen LogP contribution in [0.25, 0.3) is 0 Å². The minimum absolute atomic E-state index is 0.383. The van der Waals surface area contributed by atoms with E-state index in [2.05, 4.69) is 39.1 Å². The van der Waals surface area contributed by atoms with Gasteiger partial charge in [-0.3, -0.25) is 0 Å². The number of thioether (sulfide) groups is 1. The number of hydrogen-bond donors (Lipinski definition) is 1. The maximum absolute atomic E-state index is 9.29. The van der Waals surface area contributed by atoms with Crippen LogP contribution in [0.2, 0.25) is 0 Å². The zero-order valence-corrected chi connectivity index (χ0v) is 23.0. The van der Waals surface area contributed by atoms with Crippen molar-refractivity contribution in [3.05, 3.63) is 58.8 Å². The van der Waals surface area contributed by atoms with E-state index in [0.717, 1.165) is 57.2 Å². The second-order valence-corrected chi connectivity index (χ2v) is 11.7. The third-order valence-corrected chi connectivity index (χ3v) is 8.38. The molecule has 0 radical (unpaired) electrons. The van der Waals surface area contributed by atoms with Gasteiger partial charge in [-0.05, 0) is 101 Å². The zero-order valence-electron chi connectivity index (χ0n) is 22.1. The Morgan fingerprint density at radius 1 is 1.03 bits per heavy atom. The number of benzene rings is 2.